The fraction of sp³-hybridized carbons (Fsp3) is 0.720. The number of carboxylic acid groups (broad SMARTS) is 1. The van der Waals surface area contributed by atoms with Gasteiger partial charge in [0.1, 0.15) is 5.82 Å². The molecular weight excluding hydrogens is 477 g/mol. The van der Waals surface area contributed by atoms with Crippen LogP contribution in [0.3, 0.4) is 0 Å². The molecule has 35 heavy (non-hydrogen) atoms. The van der Waals surface area contributed by atoms with Crippen LogP contribution in [0.25, 0.3) is 0 Å². The number of nitrogens with one attached hydrogen (secondary N) is 1. The first-order valence-corrected chi connectivity index (χ1v) is 12.9. The average molecular weight is 511 g/mol. The number of rotatable bonds is 5. The molecule has 2 unspecified atom stereocenters. The molecule has 0 radical (unpaired) electrons. The summed E-state index contributed by atoms with van der Waals surface area (Å²) in [5.74, 6) is 1.16. The van der Waals surface area contributed by atoms with E-state index < -0.39 is 23.1 Å². The van der Waals surface area contributed by atoms with Gasteiger partial charge < -0.3 is 15.3 Å². The summed E-state index contributed by atoms with van der Waals surface area (Å²) in [6, 6.07) is 2.76. The molecule has 4 bridgehead atoms. The van der Waals surface area contributed by atoms with Gasteiger partial charge in [-0.05, 0) is 75.8 Å². The van der Waals surface area contributed by atoms with Crippen LogP contribution in [0.15, 0.2) is 18.3 Å². The van der Waals surface area contributed by atoms with Gasteiger partial charge >= 0.3 is 12.1 Å². The number of halogens is 3. The molecule has 5 aliphatic rings. The standard InChI is InChI=1S/C25H33F3N4O2S/c1-23(2,32-7-5-31(6-8-32)19-4-3-18(14-29-19)25(26,27)28)21(35)30-20-16-9-15-10-17(20)13-24(11-15,12-16)22(33)34/h3-4,14-17,20H,5-13H2,1-2H3,(H,30,35)(H,33,34). The normalized spacial score (nSPS) is 33.1. The highest BCUT2D eigenvalue weighted by Gasteiger charge is 2.59. The van der Waals surface area contributed by atoms with Crippen molar-refractivity contribution in [2.24, 2.45) is 23.2 Å². The maximum Gasteiger partial charge on any atom is 0.417 e. The average Bonchev–Trinajstić information content (AvgIpc) is 2.80. The molecule has 0 aromatic carbocycles. The summed E-state index contributed by atoms with van der Waals surface area (Å²) >= 11 is 5.92. The third-order valence-electron chi connectivity index (χ3n) is 9.05. The van der Waals surface area contributed by atoms with Crippen LogP contribution in [0.5, 0.6) is 0 Å². The highest BCUT2D eigenvalue weighted by atomic mass is 32.1. The van der Waals surface area contributed by atoms with Gasteiger partial charge in [0.15, 0.2) is 0 Å². The van der Waals surface area contributed by atoms with Crippen LogP contribution in [-0.2, 0) is 11.0 Å². The number of aliphatic carboxylic acids is 1. The SMILES string of the molecule is CC(C)(C(=S)NC1C2CC3CC1CC(C(=O)O)(C3)C2)N1CCN(c2ccc(C(F)(F)F)cn2)CC1. The first-order chi connectivity index (χ1) is 16.4. The molecule has 2 atom stereocenters. The summed E-state index contributed by atoms with van der Waals surface area (Å²) < 4.78 is 38.5. The number of pyridine rings is 1. The second-order valence-electron chi connectivity index (χ2n) is 11.5. The Kier molecular flexibility index (Phi) is 6.06. The second kappa shape index (κ2) is 8.57. The number of piperazine rings is 1. The van der Waals surface area contributed by atoms with Crippen molar-refractivity contribution in [3.8, 4) is 0 Å². The van der Waals surface area contributed by atoms with Crippen molar-refractivity contribution in [2.45, 2.75) is 63.7 Å². The third kappa shape index (κ3) is 4.41. The first-order valence-electron chi connectivity index (χ1n) is 12.5. The zero-order valence-corrected chi connectivity index (χ0v) is 21.0. The monoisotopic (exact) mass is 510 g/mol. The minimum absolute atomic E-state index is 0.239. The van der Waals surface area contributed by atoms with E-state index in [1.165, 1.54) is 6.07 Å². The Morgan fingerprint density at radius 1 is 1.11 bits per heavy atom. The molecule has 5 fully saturated rings. The van der Waals surface area contributed by atoms with Gasteiger partial charge in [0, 0.05) is 38.4 Å². The Balaban J connectivity index is 1.19. The number of nitrogens with zero attached hydrogens (tertiary/aromatic N) is 3. The van der Waals surface area contributed by atoms with Crippen LogP contribution in [0.4, 0.5) is 19.0 Å². The molecular formula is C25H33F3N4O2S. The van der Waals surface area contributed by atoms with E-state index in [2.05, 4.69) is 29.0 Å². The first kappa shape index (κ1) is 24.7. The third-order valence-corrected chi connectivity index (χ3v) is 9.67. The van der Waals surface area contributed by atoms with E-state index in [9.17, 15) is 23.1 Å². The largest absolute Gasteiger partial charge is 0.481 e. The van der Waals surface area contributed by atoms with Crippen molar-refractivity contribution in [3.63, 3.8) is 0 Å². The summed E-state index contributed by atoms with van der Waals surface area (Å²) in [5.41, 5.74) is -1.65. The Morgan fingerprint density at radius 3 is 2.26 bits per heavy atom. The molecule has 4 aliphatic carbocycles. The summed E-state index contributed by atoms with van der Waals surface area (Å²) in [6.07, 6.45) is 1.00. The summed E-state index contributed by atoms with van der Waals surface area (Å²) in [5, 5.41) is 13.6. The van der Waals surface area contributed by atoms with Crippen LogP contribution >= 0.6 is 12.2 Å². The van der Waals surface area contributed by atoms with Crippen LogP contribution < -0.4 is 10.2 Å². The van der Waals surface area contributed by atoms with Crippen molar-refractivity contribution >= 4 is 29.0 Å². The molecule has 1 aromatic rings. The van der Waals surface area contributed by atoms with Crippen molar-refractivity contribution in [1.82, 2.24) is 15.2 Å². The molecule has 1 aromatic heterocycles. The van der Waals surface area contributed by atoms with E-state index in [-0.39, 0.29) is 11.6 Å². The molecule has 0 spiro atoms. The summed E-state index contributed by atoms with van der Waals surface area (Å²) in [7, 11) is 0. The predicted octanol–water partition coefficient (Wildman–Crippen LogP) is 4.20. The highest BCUT2D eigenvalue weighted by molar-refractivity contribution is 7.80. The predicted molar refractivity (Wildman–Crippen MR) is 130 cm³/mol. The van der Waals surface area contributed by atoms with E-state index >= 15 is 0 Å². The Hall–Kier alpha value is -1.94. The molecule has 0 amide bonds. The lowest BCUT2D eigenvalue weighted by Crippen LogP contribution is -2.65. The number of carboxylic acids is 1. The van der Waals surface area contributed by atoms with E-state index in [0.717, 1.165) is 62.4 Å². The molecule has 6 rings (SSSR count). The fourth-order valence-electron chi connectivity index (χ4n) is 7.23. The number of thiocarbonyl (C=S) groups is 1. The van der Waals surface area contributed by atoms with E-state index in [4.69, 9.17) is 12.2 Å². The maximum absolute atomic E-state index is 12.8. The van der Waals surface area contributed by atoms with Gasteiger partial charge in [-0.1, -0.05) is 12.2 Å². The van der Waals surface area contributed by atoms with Crippen LogP contribution in [0, 0.1) is 23.2 Å². The lowest BCUT2D eigenvalue weighted by atomic mass is 9.48. The van der Waals surface area contributed by atoms with Gasteiger partial charge in [-0.2, -0.15) is 13.2 Å². The highest BCUT2D eigenvalue weighted by Crippen LogP contribution is 2.60. The molecule has 4 saturated carbocycles. The number of hydrogen-bond donors (Lipinski definition) is 2. The van der Waals surface area contributed by atoms with E-state index in [1.54, 1.807) is 0 Å². The topological polar surface area (TPSA) is 68.7 Å². The molecule has 1 aliphatic heterocycles. The molecule has 2 heterocycles. The second-order valence-corrected chi connectivity index (χ2v) is 11.9. The Morgan fingerprint density at radius 2 is 1.74 bits per heavy atom. The van der Waals surface area contributed by atoms with Crippen molar-refractivity contribution in [2.75, 3.05) is 31.1 Å². The van der Waals surface area contributed by atoms with Gasteiger partial charge in [0.25, 0.3) is 0 Å². The zero-order valence-electron chi connectivity index (χ0n) is 20.1. The quantitative estimate of drug-likeness (QED) is 0.576. The summed E-state index contributed by atoms with van der Waals surface area (Å²) in [6.45, 7) is 6.98. The Bertz CT molecular complexity index is 975. The van der Waals surface area contributed by atoms with Crippen LogP contribution in [-0.4, -0.2) is 63.7 Å². The summed E-state index contributed by atoms with van der Waals surface area (Å²) in [4.78, 5) is 21.2. The Labute approximate surface area is 209 Å². The van der Waals surface area contributed by atoms with Crippen molar-refractivity contribution in [1.29, 1.82) is 0 Å². The van der Waals surface area contributed by atoms with Crippen molar-refractivity contribution < 1.29 is 23.1 Å². The lowest BCUT2D eigenvalue weighted by Gasteiger charge is -2.59. The number of alkyl halides is 3. The molecule has 10 heteroatoms. The molecule has 6 nitrogen and oxygen atoms in total. The van der Waals surface area contributed by atoms with E-state index in [0.29, 0.717) is 36.7 Å². The molecule has 2 N–H and O–H groups in total. The number of aromatic nitrogens is 1. The van der Waals surface area contributed by atoms with Gasteiger partial charge in [-0.25, -0.2) is 4.98 Å². The fourth-order valence-corrected chi connectivity index (χ4v) is 7.49. The minimum atomic E-state index is -4.39. The lowest BCUT2D eigenvalue weighted by molar-refractivity contribution is -0.166. The smallest absolute Gasteiger partial charge is 0.417 e. The van der Waals surface area contributed by atoms with Crippen LogP contribution in [0.2, 0.25) is 0 Å². The van der Waals surface area contributed by atoms with E-state index in [1.807, 2.05) is 4.90 Å². The van der Waals surface area contributed by atoms with Gasteiger partial charge in [-0.3, -0.25) is 9.69 Å². The van der Waals surface area contributed by atoms with Gasteiger partial charge in [0.2, 0.25) is 0 Å². The number of carbonyl (C=O) groups is 1. The zero-order chi connectivity index (χ0) is 25.2. The minimum Gasteiger partial charge on any atom is -0.481 e. The maximum atomic E-state index is 12.8. The van der Waals surface area contributed by atoms with Crippen molar-refractivity contribution in [3.05, 3.63) is 23.9 Å². The number of anilines is 1. The van der Waals surface area contributed by atoms with Gasteiger partial charge in [0.05, 0.1) is 21.5 Å². The molecule has 1 saturated heterocycles. The number of hydrogen-bond acceptors (Lipinski definition) is 5. The molecule has 192 valence electrons. The van der Waals surface area contributed by atoms with Gasteiger partial charge in [-0.15, -0.1) is 0 Å². The van der Waals surface area contributed by atoms with Crippen LogP contribution in [0.1, 0.15) is 51.5 Å².